The van der Waals surface area contributed by atoms with Gasteiger partial charge in [-0.25, -0.2) is 0 Å². The molecule has 2 rings (SSSR count). The van der Waals surface area contributed by atoms with Crippen molar-refractivity contribution in [1.82, 2.24) is 5.32 Å². The smallest absolute Gasteiger partial charge is 0.302 e. The third-order valence-corrected chi connectivity index (χ3v) is 3.44. The lowest BCUT2D eigenvalue weighted by molar-refractivity contribution is -0.165. The second-order valence-electron chi connectivity index (χ2n) is 4.91. The molecule has 1 aromatic carbocycles. The van der Waals surface area contributed by atoms with Gasteiger partial charge >= 0.3 is 6.18 Å². The van der Waals surface area contributed by atoms with E-state index in [1.54, 1.807) is 6.08 Å². The van der Waals surface area contributed by atoms with Crippen LogP contribution in [-0.4, -0.2) is 12.2 Å². The highest BCUT2D eigenvalue weighted by atomic mass is 19.4. The molecule has 0 fully saturated rings. The number of halogens is 3. The van der Waals surface area contributed by atoms with Gasteiger partial charge in [0.1, 0.15) is 6.04 Å². The summed E-state index contributed by atoms with van der Waals surface area (Å²) in [5, 5.41) is 2.67. The molecule has 0 bridgehead atoms. The quantitative estimate of drug-likeness (QED) is 0.813. The lowest BCUT2D eigenvalue weighted by Gasteiger charge is -2.29. The fourth-order valence-electron chi connectivity index (χ4n) is 2.45. The van der Waals surface area contributed by atoms with Gasteiger partial charge in [0.25, 0.3) is 0 Å². The van der Waals surface area contributed by atoms with E-state index >= 15 is 0 Å². The summed E-state index contributed by atoms with van der Waals surface area (Å²) >= 11 is 0. The molecular formula is C15H18F3N. The van der Waals surface area contributed by atoms with Crippen LogP contribution >= 0.6 is 0 Å². The van der Waals surface area contributed by atoms with Crippen LogP contribution < -0.4 is 5.32 Å². The fraction of sp³-hybridized carbons (Fsp3) is 0.467. The second-order valence-corrected chi connectivity index (χ2v) is 4.91. The van der Waals surface area contributed by atoms with Crippen LogP contribution in [0.1, 0.15) is 24.8 Å². The molecule has 1 aromatic rings. The van der Waals surface area contributed by atoms with E-state index < -0.39 is 18.1 Å². The average molecular weight is 269 g/mol. The Morgan fingerprint density at radius 2 is 1.95 bits per heavy atom. The van der Waals surface area contributed by atoms with E-state index in [-0.39, 0.29) is 6.54 Å². The Balaban J connectivity index is 2.02. The van der Waals surface area contributed by atoms with Gasteiger partial charge in [-0.2, -0.15) is 13.2 Å². The summed E-state index contributed by atoms with van der Waals surface area (Å²) in [7, 11) is 0. The van der Waals surface area contributed by atoms with Gasteiger partial charge < -0.3 is 5.32 Å². The Kier molecular flexibility index (Phi) is 4.64. The first kappa shape index (κ1) is 14.1. The zero-order chi connectivity index (χ0) is 13.7. The van der Waals surface area contributed by atoms with E-state index in [2.05, 4.69) is 5.32 Å². The Morgan fingerprint density at radius 3 is 2.53 bits per heavy atom. The van der Waals surface area contributed by atoms with Crippen molar-refractivity contribution in [3.8, 4) is 0 Å². The monoisotopic (exact) mass is 269 g/mol. The second kappa shape index (κ2) is 6.24. The summed E-state index contributed by atoms with van der Waals surface area (Å²) < 4.78 is 39.3. The van der Waals surface area contributed by atoms with Crippen molar-refractivity contribution in [1.29, 1.82) is 0 Å². The number of benzene rings is 1. The molecule has 0 spiro atoms. The molecule has 0 aliphatic heterocycles. The van der Waals surface area contributed by atoms with Gasteiger partial charge in [-0.3, -0.25) is 0 Å². The van der Waals surface area contributed by atoms with E-state index in [0.29, 0.717) is 6.42 Å². The molecule has 0 amide bonds. The Hall–Kier alpha value is -1.29. The number of rotatable bonds is 4. The number of alkyl halides is 3. The molecule has 19 heavy (non-hydrogen) atoms. The van der Waals surface area contributed by atoms with Gasteiger partial charge in [-0.1, -0.05) is 42.5 Å². The SMILES string of the molecule is FC(F)(F)C(NCc1ccccc1)C1C=CCCC1. The van der Waals surface area contributed by atoms with Gasteiger partial charge in [-0.15, -0.1) is 0 Å². The van der Waals surface area contributed by atoms with E-state index in [4.69, 9.17) is 0 Å². The van der Waals surface area contributed by atoms with Crippen molar-refractivity contribution in [2.45, 2.75) is 38.0 Å². The summed E-state index contributed by atoms with van der Waals surface area (Å²) in [4.78, 5) is 0. The van der Waals surface area contributed by atoms with Crippen molar-refractivity contribution >= 4 is 0 Å². The fourth-order valence-corrected chi connectivity index (χ4v) is 2.45. The normalized spacial score (nSPS) is 21.3. The predicted octanol–water partition coefficient (Wildman–Crippen LogP) is 4.06. The molecule has 0 saturated carbocycles. The number of hydrogen-bond acceptors (Lipinski definition) is 1. The molecule has 1 N–H and O–H groups in total. The van der Waals surface area contributed by atoms with Gasteiger partial charge in [0.15, 0.2) is 0 Å². The molecule has 1 aliphatic carbocycles. The van der Waals surface area contributed by atoms with E-state index in [1.165, 1.54) is 0 Å². The van der Waals surface area contributed by atoms with E-state index in [9.17, 15) is 13.2 Å². The number of hydrogen-bond donors (Lipinski definition) is 1. The summed E-state index contributed by atoms with van der Waals surface area (Å²) in [6, 6.07) is 7.73. The molecule has 0 radical (unpaired) electrons. The highest BCUT2D eigenvalue weighted by molar-refractivity contribution is 5.14. The minimum Gasteiger partial charge on any atom is -0.302 e. The first-order valence-corrected chi connectivity index (χ1v) is 6.58. The number of allylic oxidation sites excluding steroid dienone is 1. The maximum atomic E-state index is 13.1. The summed E-state index contributed by atoms with van der Waals surface area (Å²) in [6.07, 6.45) is 1.68. The van der Waals surface area contributed by atoms with Crippen LogP contribution in [0.5, 0.6) is 0 Å². The molecule has 0 aromatic heterocycles. The Labute approximate surface area is 111 Å². The zero-order valence-corrected chi connectivity index (χ0v) is 10.7. The molecule has 0 heterocycles. The van der Waals surface area contributed by atoms with Crippen LogP contribution in [0.2, 0.25) is 0 Å². The first-order valence-electron chi connectivity index (χ1n) is 6.58. The number of nitrogens with one attached hydrogen (secondary N) is 1. The van der Waals surface area contributed by atoms with Crippen molar-refractivity contribution in [2.24, 2.45) is 5.92 Å². The Morgan fingerprint density at radius 1 is 1.21 bits per heavy atom. The van der Waals surface area contributed by atoms with Crippen molar-refractivity contribution in [3.63, 3.8) is 0 Å². The van der Waals surface area contributed by atoms with Crippen LogP contribution in [0.4, 0.5) is 13.2 Å². The Bertz CT molecular complexity index is 411. The molecule has 0 saturated heterocycles. The van der Waals surface area contributed by atoms with Gasteiger partial charge in [-0.05, 0) is 24.8 Å². The van der Waals surface area contributed by atoms with Gasteiger partial charge in [0, 0.05) is 12.5 Å². The highest BCUT2D eigenvalue weighted by Gasteiger charge is 2.43. The molecule has 2 atom stereocenters. The summed E-state index contributed by atoms with van der Waals surface area (Å²) in [6.45, 7) is 0.245. The predicted molar refractivity (Wildman–Crippen MR) is 69.6 cm³/mol. The molecule has 104 valence electrons. The van der Waals surface area contributed by atoms with Crippen molar-refractivity contribution in [2.75, 3.05) is 0 Å². The largest absolute Gasteiger partial charge is 0.404 e. The van der Waals surface area contributed by atoms with Crippen LogP contribution in [0.15, 0.2) is 42.5 Å². The van der Waals surface area contributed by atoms with E-state index in [1.807, 2.05) is 36.4 Å². The molecule has 2 unspecified atom stereocenters. The van der Waals surface area contributed by atoms with Crippen LogP contribution in [-0.2, 0) is 6.54 Å². The minimum absolute atomic E-state index is 0.245. The van der Waals surface area contributed by atoms with Crippen LogP contribution in [0.3, 0.4) is 0 Å². The van der Waals surface area contributed by atoms with Gasteiger partial charge in [0.05, 0.1) is 0 Å². The summed E-state index contributed by atoms with van der Waals surface area (Å²) in [5.41, 5.74) is 0.872. The minimum atomic E-state index is -4.21. The molecular weight excluding hydrogens is 251 g/mol. The maximum absolute atomic E-state index is 13.1. The molecule has 4 heteroatoms. The van der Waals surface area contributed by atoms with Crippen LogP contribution in [0, 0.1) is 5.92 Å². The van der Waals surface area contributed by atoms with Crippen LogP contribution in [0.25, 0.3) is 0 Å². The maximum Gasteiger partial charge on any atom is 0.404 e. The lowest BCUT2D eigenvalue weighted by Crippen LogP contribution is -2.47. The van der Waals surface area contributed by atoms with Gasteiger partial charge in [0.2, 0.25) is 0 Å². The highest BCUT2D eigenvalue weighted by Crippen LogP contribution is 2.31. The summed E-state index contributed by atoms with van der Waals surface area (Å²) in [5.74, 6) is -0.447. The first-order chi connectivity index (χ1) is 9.07. The third kappa shape index (κ3) is 4.10. The van der Waals surface area contributed by atoms with E-state index in [0.717, 1.165) is 18.4 Å². The average Bonchev–Trinajstić information content (AvgIpc) is 2.40. The zero-order valence-electron chi connectivity index (χ0n) is 10.7. The lowest BCUT2D eigenvalue weighted by atomic mass is 9.89. The molecule has 1 nitrogen and oxygen atoms in total. The molecule has 1 aliphatic rings. The topological polar surface area (TPSA) is 12.0 Å². The van der Waals surface area contributed by atoms with Crippen molar-refractivity contribution < 1.29 is 13.2 Å². The third-order valence-electron chi connectivity index (χ3n) is 3.44. The van der Waals surface area contributed by atoms with Crippen molar-refractivity contribution in [3.05, 3.63) is 48.0 Å². The standard InChI is InChI=1S/C15H18F3N/c16-15(17,18)14(13-9-5-2-6-10-13)19-11-12-7-3-1-4-8-12/h1,3-5,7-9,13-14,19H,2,6,10-11H2.